The second-order valence-corrected chi connectivity index (χ2v) is 6.90. The van der Waals surface area contributed by atoms with Crippen LogP contribution in [-0.4, -0.2) is 25.9 Å². The number of carbonyl (C=O) groups is 1. The Morgan fingerprint density at radius 3 is 2.79 bits per heavy atom. The molecule has 4 aromatic rings. The monoisotopic (exact) mass is 438 g/mol. The topological polar surface area (TPSA) is 83.0 Å². The number of esters is 1. The Kier molecular flexibility index (Phi) is 5.03. The number of nitrogens with zero attached hydrogens (tertiary/aromatic N) is 4. The van der Waals surface area contributed by atoms with Crippen molar-refractivity contribution in [1.29, 1.82) is 0 Å². The minimum absolute atomic E-state index is 0.115. The van der Waals surface area contributed by atoms with E-state index in [1.54, 1.807) is 4.68 Å². The molecule has 140 valence electrons. The number of para-hydroxylation sites is 1. The maximum absolute atomic E-state index is 12.4. The molecule has 0 amide bonds. The number of halogens is 1. The van der Waals surface area contributed by atoms with E-state index < -0.39 is 5.97 Å². The first kappa shape index (κ1) is 18.1. The highest BCUT2D eigenvalue weighted by Gasteiger charge is 2.18. The minimum Gasteiger partial charge on any atom is -0.452 e. The second-order valence-electron chi connectivity index (χ2n) is 5.99. The zero-order valence-electron chi connectivity index (χ0n) is 14.9. The molecule has 7 nitrogen and oxygen atoms in total. The van der Waals surface area contributed by atoms with Crippen molar-refractivity contribution in [3.8, 4) is 17.1 Å². The lowest BCUT2D eigenvalue weighted by Gasteiger charge is -2.05. The van der Waals surface area contributed by atoms with Crippen LogP contribution in [0.3, 0.4) is 0 Å². The number of hydrogen-bond acceptors (Lipinski definition) is 6. The van der Waals surface area contributed by atoms with Gasteiger partial charge in [0.25, 0.3) is 5.89 Å². The molecule has 0 spiro atoms. The van der Waals surface area contributed by atoms with Crippen molar-refractivity contribution in [2.45, 2.75) is 13.5 Å². The van der Waals surface area contributed by atoms with E-state index in [9.17, 15) is 4.79 Å². The number of carbonyl (C=O) groups excluding carboxylic acids is 1. The van der Waals surface area contributed by atoms with Gasteiger partial charge in [-0.1, -0.05) is 51.4 Å². The first-order chi connectivity index (χ1) is 13.6. The Labute approximate surface area is 169 Å². The molecule has 0 bridgehead atoms. The summed E-state index contributed by atoms with van der Waals surface area (Å²) in [5.41, 5.74) is 2.75. The predicted molar refractivity (Wildman–Crippen MR) is 105 cm³/mol. The van der Waals surface area contributed by atoms with Crippen LogP contribution in [0.2, 0.25) is 0 Å². The van der Waals surface area contributed by atoms with Crippen molar-refractivity contribution in [2.24, 2.45) is 0 Å². The zero-order valence-corrected chi connectivity index (χ0v) is 16.5. The first-order valence-corrected chi connectivity index (χ1v) is 9.27. The van der Waals surface area contributed by atoms with Gasteiger partial charge < -0.3 is 9.26 Å². The lowest BCUT2D eigenvalue weighted by Crippen LogP contribution is -2.07. The Morgan fingerprint density at radius 1 is 1.18 bits per heavy atom. The molecule has 0 saturated carbocycles. The van der Waals surface area contributed by atoms with E-state index in [1.807, 2.05) is 61.5 Å². The quantitative estimate of drug-likeness (QED) is 0.430. The Morgan fingerprint density at radius 2 is 2.00 bits per heavy atom. The minimum atomic E-state index is -0.498. The molecular formula is C20H15BrN4O3. The molecule has 2 aromatic heterocycles. The lowest BCUT2D eigenvalue weighted by molar-refractivity contribution is 0.0429. The van der Waals surface area contributed by atoms with E-state index in [0.29, 0.717) is 17.1 Å². The van der Waals surface area contributed by atoms with Crippen molar-refractivity contribution in [3.05, 3.63) is 82.4 Å². The highest BCUT2D eigenvalue weighted by molar-refractivity contribution is 9.10. The van der Waals surface area contributed by atoms with Gasteiger partial charge in [0.2, 0.25) is 5.82 Å². The smallest absolute Gasteiger partial charge is 0.342 e. The highest BCUT2D eigenvalue weighted by Crippen LogP contribution is 2.21. The first-order valence-electron chi connectivity index (χ1n) is 8.47. The third kappa shape index (κ3) is 3.72. The van der Waals surface area contributed by atoms with E-state index in [-0.39, 0.29) is 12.5 Å². The summed E-state index contributed by atoms with van der Waals surface area (Å²) in [7, 11) is 0. The Balaban J connectivity index is 1.45. The largest absolute Gasteiger partial charge is 0.452 e. The number of hydrogen-bond donors (Lipinski definition) is 0. The summed E-state index contributed by atoms with van der Waals surface area (Å²) in [6.07, 6.45) is 1.49. The van der Waals surface area contributed by atoms with Crippen LogP contribution in [0.1, 0.15) is 21.9 Å². The average molecular weight is 439 g/mol. The normalized spacial score (nSPS) is 10.8. The molecule has 2 heterocycles. The molecule has 0 aliphatic rings. The zero-order chi connectivity index (χ0) is 19.5. The average Bonchev–Trinajstić information content (AvgIpc) is 3.34. The molecule has 0 radical (unpaired) electrons. The second kappa shape index (κ2) is 7.77. The number of aromatic nitrogens is 4. The third-order valence-electron chi connectivity index (χ3n) is 4.11. The molecule has 4 rings (SSSR count). The summed E-state index contributed by atoms with van der Waals surface area (Å²) in [4.78, 5) is 16.7. The van der Waals surface area contributed by atoms with Gasteiger partial charge in [-0.15, -0.1) is 0 Å². The molecule has 0 fully saturated rings. The van der Waals surface area contributed by atoms with Crippen molar-refractivity contribution < 1.29 is 14.1 Å². The van der Waals surface area contributed by atoms with Crippen LogP contribution in [0.4, 0.5) is 0 Å². The third-order valence-corrected chi connectivity index (χ3v) is 4.60. The van der Waals surface area contributed by atoms with Gasteiger partial charge >= 0.3 is 5.97 Å². The number of rotatable bonds is 5. The maximum Gasteiger partial charge on any atom is 0.342 e. The van der Waals surface area contributed by atoms with Crippen LogP contribution in [0.15, 0.2) is 69.8 Å². The van der Waals surface area contributed by atoms with Gasteiger partial charge in [0, 0.05) is 10.0 Å². The van der Waals surface area contributed by atoms with Gasteiger partial charge in [-0.2, -0.15) is 10.1 Å². The molecule has 0 aliphatic carbocycles. The molecule has 0 N–H and O–H groups in total. The molecule has 8 heteroatoms. The van der Waals surface area contributed by atoms with Gasteiger partial charge in [-0.05, 0) is 31.2 Å². The molecule has 0 saturated heterocycles. The van der Waals surface area contributed by atoms with Crippen LogP contribution >= 0.6 is 15.9 Å². The summed E-state index contributed by atoms with van der Waals surface area (Å²) in [6.45, 7) is 1.70. The molecular weight excluding hydrogens is 424 g/mol. The van der Waals surface area contributed by atoms with Crippen LogP contribution in [0.5, 0.6) is 0 Å². The highest BCUT2D eigenvalue weighted by atomic mass is 79.9. The fraction of sp³-hybridized carbons (Fsp3) is 0.100. The van der Waals surface area contributed by atoms with Gasteiger partial charge in [0.1, 0.15) is 5.56 Å². The van der Waals surface area contributed by atoms with Crippen molar-refractivity contribution in [3.63, 3.8) is 0 Å². The van der Waals surface area contributed by atoms with E-state index >= 15 is 0 Å². The van der Waals surface area contributed by atoms with Crippen molar-refractivity contribution in [2.75, 3.05) is 0 Å². The molecule has 2 aromatic carbocycles. The van der Waals surface area contributed by atoms with Crippen LogP contribution in [-0.2, 0) is 11.3 Å². The standard InChI is InChI=1S/C20H15BrN4O3/c1-13-17(11-22-25(13)16-8-3-2-4-9-16)20(26)27-12-18-23-19(24-28-18)14-6-5-7-15(21)10-14/h2-11H,12H2,1H3. The number of benzene rings is 2. The Bertz CT molecular complexity index is 1120. The van der Waals surface area contributed by atoms with Crippen LogP contribution < -0.4 is 0 Å². The van der Waals surface area contributed by atoms with Gasteiger partial charge in [0.15, 0.2) is 6.61 Å². The van der Waals surface area contributed by atoms with Crippen molar-refractivity contribution in [1.82, 2.24) is 19.9 Å². The van der Waals surface area contributed by atoms with Crippen molar-refractivity contribution >= 4 is 21.9 Å². The molecule has 0 atom stereocenters. The van der Waals surface area contributed by atoms with E-state index in [1.165, 1.54) is 6.20 Å². The van der Waals surface area contributed by atoms with Gasteiger partial charge in [0.05, 0.1) is 17.6 Å². The van der Waals surface area contributed by atoms with E-state index in [4.69, 9.17) is 9.26 Å². The SMILES string of the molecule is Cc1c(C(=O)OCc2nc(-c3cccc(Br)c3)no2)cnn1-c1ccccc1. The van der Waals surface area contributed by atoms with E-state index in [2.05, 4.69) is 31.2 Å². The molecule has 0 aliphatic heterocycles. The molecule has 28 heavy (non-hydrogen) atoms. The van der Waals surface area contributed by atoms with Crippen LogP contribution in [0, 0.1) is 6.92 Å². The van der Waals surface area contributed by atoms with Gasteiger partial charge in [-0.25, -0.2) is 9.48 Å². The molecule has 0 unspecified atom stereocenters. The summed E-state index contributed by atoms with van der Waals surface area (Å²) in [5, 5.41) is 8.20. The Hall–Kier alpha value is -3.26. The van der Waals surface area contributed by atoms with Crippen LogP contribution in [0.25, 0.3) is 17.1 Å². The predicted octanol–water partition coefficient (Wildman–Crippen LogP) is 4.35. The lowest BCUT2D eigenvalue weighted by atomic mass is 10.2. The van der Waals surface area contributed by atoms with Gasteiger partial charge in [-0.3, -0.25) is 0 Å². The maximum atomic E-state index is 12.4. The van der Waals surface area contributed by atoms with E-state index in [0.717, 1.165) is 15.7 Å². The number of ether oxygens (including phenoxy) is 1. The summed E-state index contributed by atoms with van der Waals surface area (Å²) in [6, 6.07) is 17.1. The summed E-state index contributed by atoms with van der Waals surface area (Å²) >= 11 is 3.40. The fourth-order valence-corrected chi connectivity index (χ4v) is 3.10. The summed E-state index contributed by atoms with van der Waals surface area (Å²) < 4.78 is 13.1. The summed E-state index contributed by atoms with van der Waals surface area (Å²) in [5.74, 6) is 0.152. The fourth-order valence-electron chi connectivity index (χ4n) is 2.70.